The number of hydrogen-bond donors (Lipinski definition) is 0. The molecule has 0 radical (unpaired) electrons. The lowest BCUT2D eigenvalue weighted by molar-refractivity contribution is -0.141. The van der Waals surface area contributed by atoms with Gasteiger partial charge in [0.05, 0.1) is 4.86 Å². The van der Waals surface area contributed by atoms with Gasteiger partial charge in [0.1, 0.15) is 18.0 Å². The highest BCUT2D eigenvalue weighted by molar-refractivity contribution is 7.80. The summed E-state index contributed by atoms with van der Waals surface area (Å²) < 4.78 is 4.92. The fraction of sp³-hybridized carbons (Fsp3) is 0.300. The van der Waals surface area contributed by atoms with E-state index in [0.717, 1.165) is 0 Å². The number of allylic oxidation sites excluding steroid dienone is 4. The minimum atomic E-state index is -0.554. The zero-order valence-electron chi connectivity index (χ0n) is 7.78. The first-order valence-corrected chi connectivity index (χ1v) is 4.60. The molecule has 0 N–H and O–H groups in total. The van der Waals surface area contributed by atoms with Crippen molar-refractivity contribution in [3.05, 3.63) is 24.0 Å². The molecule has 0 bridgehead atoms. The molecule has 1 aliphatic carbocycles. The molecule has 74 valence electrons. The highest BCUT2D eigenvalue weighted by Crippen LogP contribution is 2.12. The molecular formula is C10H10O3S. The Bertz CT molecular complexity index is 339. The molecule has 0 spiro atoms. The van der Waals surface area contributed by atoms with Crippen molar-refractivity contribution in [3.8, 4) is 0 Å². The molecule has 0 saturated heterocycles. The molecule has 0 fully saturated rings. The Hall–Kier alpha value is -1.29. The maximum Gasteiger partial charge on any atom is 0.318 e. The number of esters is 1. The van der Waals surface area contributed by atoms with Crippen molar-refractivity contribution in [1.29, 1.82) is 0 Å². The van der Waals surface area contributed by atoms with Gasteiger partial charge in [-0.2, -0.15) is 0 Å². The van der Waals surface area contributed by atoms with Crippen LogP contribution in [0, 0.1) is 0 Å². The van der Waals surface area contributed by atoms with Gasteiger partial charge < -0.3 is 4.74 Å². The van der Waals surface area contributed by atoms with Crippen molar-refractivity contribution in [3.63, 3.8) is 0 Å². The molecule has 0 amide bonds. The summed E-state index contributed by atoms with van der Waals surface area (Å²) in [5, 5.41) is 0. The van der Waals surface area contributed by atoms with E-state index in [4.69, 9.17) is 17.0 Å². The maximum atomic E-state index is 11.1. The third kappa shape index (κ3) is 3.22. The minimum Gasteiger partial charge on any atom is -0.425 e. The lowest BCUT2D eigenvalue weighted by Crippen LogP contribution is -2.13. The molecule has 0 aliphatic heterocycles. The third-order valence-electron chi connectivity index (χ3n) is 1.58. The van der Waals surface area contributed by atoms with Crippen LogP contribution in [0.4, 0.5) is 0 Å². The van der Waals surface area contributed by atoms with Crippen molar-refractivity contribution >= 4 is 28.8 Å². The van der Waals surface area contributed by atoms with Crippen molar-refractivity contribution in [1.82, 2.24) is 0 Å². The number of ether oxygens (including phenoxy) is 1. The summed E-state index contributed by atoms with van der Waals surface area (Å²) in [5.74, 6) is -0.386. The summed E-state index contributed by atoms with van der Waals surface area (Å²) in [6.07, 6.45) is 5.68. The second-order valence-corrected chi connectivity index (χ2v) is 3.43. The number of carbonyl (C=O) groups is 2. The molecule has 0 atom stereocenters. The van der Waals surface area contributed by atoms with E-state index in [9.17, 15) is 9.59 Å². The monoisotopic (exact) mass is 210 g/mol. The summed E-state index contributed by atoms with van der Waals surface area (Å²) in [4.78, 5) is 22.3. The number of ketones is 1. The second kappa shape index (κ2) is 4.81. The molecule has 0 saturated carbocycles. The lowest BCUT2D eigenvalue weighted by Gasteiger charge is -2.09. The number of Topliss-reactive ketones (excluding diaryl/α,β-unsaturated/α-hetero) is 1. The van der Waals surface area contributed by atoms with Crippen LogP contribution in [-0.2, 0) is 14.3 Å². The van der Waals surface area contributed by atoms with Gasteiger partial charge in [-0.15, -0.1) is 0 Å². The van der Waals surface area contributed by atoms with Crippen molar-refractivity contribution in [2.45, 2.75) is 19.8 Å². The minimum absolute atomic E-state index is 0.205. The first-order valence-electron chi connectivity index (χ1n) is 4.19. The van der Waals surface area contributed by atoms with Crippen LogP contribution in [0.2, 0.25) is 0 Å². The number of carbonyl (C=O) groups excluding carboxylic acids is 2. The number of hydrogen-bond acceptors (Lipinski definition) is 4. The van der Waals surface area contributed by atoms with E-state index in [1.807, 2.05) is 6.08 Å². The van der Waals surface area contributed by atoms with Crippen molar-refractivity contribution in [2.75, 3.05) is 0 Å². The summed E-state index contributed by atoms with van der Waals surface area (Å²) in [6, 6.07) is 0. The second-order valence-electron chi connectivity index (χ2n) is 2.94. The quantitative estimate of drug-likeness (QED) is 0.404. The zero-order valence-corrected chi connectivity index (χ0v) is 8.60. The van der Waals surface area contributed by atoms with Crippen LogP contribution in [0.25, 0.3) is 0 Å². The van der Waals surface area contributed by atoms with Gasteiger partial charge in [0.2, 0.25) is 0 Å². The predicted molar refractivity (Wildman–Crippen MR) is 55.8 cm³/mol. The van der Waals surface area contributed by atoms with Gasteiger partial charge in [-0.05, 0) is 13.0 Å². The van der Waals surface area contributed by atoms with E-state index in [-0.39, 0.29) is 12.2 Å². The average molecular weight is 210 g/mol. The van der Waals surface area contributed by atoms with Crippen molar-refractivity contribution < 1.29 is 14.3 Å². The summed E-state index contributed by atoms with van der Waals surface area (Å²) in [7, 11) is 0. The van der Waals surface area contributed by atoms with Gasteiger partial charge >= 0.3 is 5.97 Å². The van der Waals surface area contributed by atoms with Gasteiger partial charge in [0.25, 0.3) is 0 Å². The Morgan fingerprint density at radius 2 is 2.29 bits per heavy atom. The third-order valence-corrected chi connectivity index (χ3v) is 1.95. The predicted octanol–water partition coefficient (Wildman–Crippen LogP) is 1.72. The largest absolute Gasteiger partial charge is 0.425 e. The first-order chi connectivity index (χ1) is 6.59. The van der Waals surface area contributed by atoms with Crippen LogP contribution in [0.3, 0.4) is 0 Å². The highest BCUT2D eigenvalue weighted by Gasteiger charge is 2.13. The Labute approximate surface area is 87.4 Å². The van der Waals surface area contributed by atoms with Crippen LogP contribution in [0.5, 0.6) is 0 Å². The van der Waals surface area contributed by atoms with Crippen LogP contribution >= 0.6 is 12.2 Å². The van der Waals surface area contributed by atoms with Crippen LogP contribution < -0.4 is 0 Å². The van der Waals surface area contributed by atoms with E-state index in [0.29, 0.717) is 17.0 Å². The number of rotatable bonds is 3. The summed E-state index contributed by atoms with van der Waals surface area (Å²) in [6.45, 7) is 1.34. The fourth-order valence-electron chi connectivity index (χ4n) is 0.977. The summed E-state index contributed by atoms with van der Waals surface area (Å²) >= 11 is 4.98. The standard InChI is InChI=1S/C10H10O3S/c1-7(11)6-10(12)13-8-4-2-3-5-9(8)14/h2-4H,5-6H2,1H3. The molecular weight excluding hydrogens is 200 g/mol. The molecule has 14 heavy (non-hydrogen) atoms. The Balaban J connectivity index is 2.55. The molecule has 0 heterocycles. The van der Waals surface area contributed by atoms with Gasteiger partial charge in [0, 0.05) is 6.42 Å². The molecule has 3 nitrogen and oxygen atoms in total. The lowest BCUT2D eigenvalue weighted by atomic mass is 10.1. The average Bonchev–Trinajstić information content (AvgIpc) is 2.07. The number of thiocarbonyl (C=S) groups is 1. The van der Waals surface area contributed by atoms with E-state index in [2.05, 4.69) is 0 Å². The maximum absolute atomic E-state index is 11.1. The smallest absolute Gasteiger partial charge is 0.318 e. The van der Waals surface area contributed by atoms with Crippen LogP contribution in [0.1, 0.15) is 19.8 Å². The van der Waals surface area contributed by atoms with E-state index in [1.165, 1.54) is 6.92 Å². The molecule has 0 aromatic carbocycles. The van der Waals surface area contributed by atoms with Crippen LogP contribution in [0.15, 0.2) is 24.0 Å². The zero-order chi connectivity index (χ0) is 10.6. The van der Waals surface area contributed by atoms with Gasteiger partial charge in [-0.1, -0.05) is 24.4 Å². The summed E-state index contributed by atoms with van der Waals surface area (Å²) in [5.41, 5.74) is 0. The Kier molecular flexibility index (Phi) is 3.71. The van der Waals surface area contributed by atoms with Crippen LogP contribution in [-0.4, -0.2) is 16.6 Å². The van der Waals surface area contributed by atoms with E-state index in [1.54, 1.807) is 12.2 Å². The molecule has 0 unspecified atom stereocenters. The molecule has 0 aromatic rings. The fourth-order valence-corrected chi connectivity index (χ4v) is 1.18. The molecule has 1 aliphatic rings. The van der Waals surface area contributed by atoms with Gasteiger partial charge in [-0.25, -0.2) is 0 Å². The Morgan fingerprint density at radius 3 is 2.86 bits per heavy atom. The van der Waals surface area contributed by atoms with E-state index >= 15 is 0 Å². The van der Waals surface area contributed by atoms with Gasteiger partial charge in [-0.3, -0.25) is 9.59 Å². The van der Waals surface area contributed by atoms with Gasteiger partial charge in [0.15, 0.2) is 0 Å². The topological polar surface area (TPSA) is 43.4 Å². The first kappa shape index (κ1) is 10.8. The molecule has 1 rings (SSSR count). The highest BCUT2D eigenvalue weighted by atomic mass is 32.1. The Morgan fingerprint density at radius 1 is 1.57 bits per heavy atom. The SMILES string of the molecule is CC(=O)CC(=O)OC1=CC=CCC1=S. The molecule has 0 aromatic heterocycles. The molecule has 4 heteroatoms. The van der Waals surface area contributed by atoms with Crippen molar-refractivity contribution in [2.24, 2.45) is 0 Å². The van der Waals surface area contributed by atoms with E-state index < -0.39 is 5.97 Å². The normalized spacial score (nSPS) is 14.9.